The first kappa shape index (κ1) is 45.1. The molecule has 0 fully saturated rings. The Bertz CT molecular complexity index is 816. The molecule has 0 aromatic rings. The molecule has 0 aliphatic carbocycles. The fourth-order valence-electron chi connectivity index (χ4n) is 3.81. The quantitative estimate of drug-likeness (QED) is 0.0838. The molecule has 0 rings (SSSR count). The Morgan fingerprint density at radius 2 is 0.957 bits per heavy atom. The van der Waals surface area contributed by atoms with Crippen LogP contribution in [-0.4, -0.2) is 134 Å². The van der Waals surface area contributed by atoms with Gasteiger partial charge >= 0.3 is 11.9 Å². The van der Waals surface area contributed by atoms with Gasteiger partial charge in [0.05, 0.1) is 85.7 Å². The van der Waals surface area contributed by atoms with Crippen LogP contribution in [0, 0.1) is 0 Å². The molecule has 1 amide bonds. The third-order valence-corrected chi connectivity index (χ3v) is 5.70. The van der Waals surface area contributed by atoms with Crippen molar-refractivity contribution >= 4 is 17.8 Å². The van der Waals surface area contributed by atoms with Gasteiger partial charge in [0.15, 0.2) is 0 Å². The maximum atomic E-state index is 13.0. The normalized spacial score (nSPS) is 13.3. The number of carbonyl (C=O) groups excluding carboxylic acids is 3. The van der Waals surface area contributed by atoms with Gasteiger partial charge in [0.1, 0.15) is 16.7 Å². The van der Waals surface area contributed by atoms with Gasteiger partial charge in [0.25, 0.3) is 0 Å². The lowest BCUT2D eigenvalue weighted by atomic mass is 10.0. The number of rotatable bonds is 30. The number of hydrogen-bond donors (Lipinski definition) is 2. The number of hydrogen-bond acceptors (Lipinski definition) is 13. The van der Waals surface area contributed by atoms with Gasteiger partial charge < -0.3 is 53.7 Å². The van der Waals surface area contributed by atoms with Crippen molar-refractivity contribution in [2.75, 3.05) is 99.0 Å². The molecule has 47 heavy (non-hydrogen) atoms. The van der Waals surface area contributed by atoms with Crippen molar-refractivity contribution in [1.82, 2.24) is 5.32 Å². The summed E-state index contributed by atoms with van der Waals surface area (Å²) in [6, 6.07) is 0. The van der Waals surface area contributed by atoms with E-state index in [0.29, 0.717) is 65.8 Å². The monoisotopic (exact) mass is 680 g/mol. The van der Waals surface area contributed by atoms with Gasteiger partial charge in [-0.1, -0.05) is 6.92 Å². The number of nitrogens with one attached hydrogen (secondary N) is 1. The molecule has 0 aromatic heterocycles. The van der Waals surface area contributed by atoms with Gasteiger partial charge in [0, 0.05) is 32.6 Å². The zero-order valence-corrected chi connectivity index (χ0v) is 30.1. The van der Waals surface area contributed by atoms with Crippen molar-refractivity contribution < 1.29 is 57.0 Å². The highest BCUT2D eigenvalue weighted by molar-refractivity contribution is 5.77. The molecule has 14 nitrogen and oxygen atoms in total. The smallest absolute Gasteiger partial charge is 0.308 e. The maximum Gasteiger partial charge on any atom is 0.308 e. The summed E-state index contributed by atoms with van der Waals surface area (Å²) in [5.41, 5.74) is 3.16. The summed E-state index contributed by atoms with van der Waals surface area (Å²) in [4.78, 5) is 37.3. The summed E-state index contributed by atoms with van der Waals surface area (Å²) >= 11 is 0. The predicted octanol–water partition coefficient (Wildman–Crippen LogP) is 2.57. The van der Waals surface area contributed by atoms with E-state index in [4.69, 9.17) is 48.4 Å². The second-order valence-electron chi connectivity index (χ2n) is 13.0. The number of nitrogens with two attached hydrogens (primary N) is 1. The van der Waals surface area contributed by atoms with Crippen LogP contribution >= 0.6 is 0 Å². The first-order valence-electron chi connectivity index (χ1n) is 16.7. The number of ether oxygens (including phenoxy) is 9. The molecule has 14 heteroatoms. The lowest BCUT2D eigenvalue weighted by molar-refractivity contribution is -0.157. The van der Waals surface area contributed by atoms with Crippen LogP contribution in [-0.2, 0) is 57.0 Å². The third-order valence-electron chi connectivity index (χ3n) is 5.70. The predicted molar refractivity (Wildman–Crippen MR) is 176 cm³/mol. The average Bonchev–Trinajstić information content (AvgIpc) is 2.96. The van der Waals surface area contributed by atoms with E-state index < -0.39 is 16.7 Å². The third kappa shape index (κ3) is 29.9. The van der Waals surface area contributed by atoms with E-state index in [9.17, 15) is 14.4 Å². The van der Waals surface area contributed by atoms with Crippen molar-refractivity contribution in [2.24, 2.45) is 5.73 Å². The SMILES string of the molecule is CCCOCC(COCCCC(=O)OC(C)(C)C)(COCCC(=O)OC(C)(C)C)NC(=O)CCOCCOCCOCCOCCN. The van der Waals surface area contributed by atoms with E-state index >= 15 is 0 Å². The van der Waals surface area contributed by atoms with Crippen LogP contribution in [0.15, 0.2) is 0 Å². The lowest BCUT2D eigenvalue weighted by Gasteiger charge is -2.34. The van der Waals surface area contributed by atoms with E-state index in [1.54, 1.807) is 20.8 Å². The Morgan fingerprint density at radius 1 is 0.532 bits per heavy atom. The molecule has 1 unspecified atom stereocenters. The Labute approximate surface area is 282 Å². The van der Waals surface area contributed by atoms with Crippen molar-refractivity contribution in [2.45, 2.75) is 97.3 Å². The summed E-state index contributed by atoms with van der Waals surface area (Å²) in [5, 5.41) is 3.02. The van der Waals surface area contributed by atoms with Crippen LogP contribution in [0.5, 0.6) is 0 Å². The minimum atomic E-state index is -1.04. The van der Waals surface area contributed by atoms with Crippen molar-refractivity contribution in [1.29, 1.82) is 0 Å². The van der Waals surface area contributed by atoms with Crippen LogP contribution in [0.4, 0.5) is 0 Å². The summed E-state index contributed by atoms with van der Waals surface area (Å²) in [7, 11) is 0. The first-order chi connectivity index (χ1) is 22.2. The fourth-order valence-corrected chi connectivity index (χ4v) is 3.81. The fraction of sp³-hybridized carbons (Fsp3) is 0.909. The minimum absolute atomic E-state index is 0.0350. The Morgan fingerprint density at radius 3 is 1.45 bits per heavy atom. The summed E-state index contributed by atoms with van der Waals surface area (Å²) < 4.78 is 50.1. The molecule has 0 aliphatic rings. The van der Waals surface area contributed by atoms with Gasteiger partial charge in [-0.25, -0.2) is 0 Å². The molecule has 278 valence electrons. The number of carbonyl (C=O) groups is 3. The van der Waals surface area contributed by atoms with E-state index in [1.807, 2.05) is 27.7 Å². The van der Waals surface area contributed by atoms with Gasteiger partial charge in [0.2, 0.25) is 5.91 Å². The molecule has 1 atom stereocenters. The average molecular weight is 681 g/mol. The molecular formula is C33H64N2O12. The first-order valence-corrected chi connectivity index (χ1v) is 16.7. The molecule has 0 spiro atoms. The highest BCUT2D eigenvalue weighted by atomic mass is 16.6. The van der Waals surface area contributed by atoms with Crippen molar-refractivity contribution in [3.63, 3.8) is 0 Å². The van der Waals surface area contributed by atoms with Gasteiger partial charge in [-0.05, 0) is 54.4 Å². The second kappa shape index (κ2) is 27.0. The molecule has 0 radical (unpaired) electrons. The van der Waals surface area contributed by atoms with Crippen LogP contribution in [0.3, 0.4) is 0 Å². The standard InChI is InChI=1S/C33H64N2O12/c1-8-14-43-25-33(27-45-17-12-30(38)47-32(5,6)7,26-44-15-9-10-29(37)46-31(2,3)4)35-28(36)11-16-39-19-21-41-23-24-42-22-20-40-18-13-34/h8-27,34H2,1-7H3,(H,35,36). The zero-order chi connectivity index (χ0) is 35.4. The molecule has 0 saturated heterocycles. The zero-order valence-electron chi connectivity index (χ0n) is 30.1. The Balaban J connectivity index is 4.92. The number of amides is 1. The highest BCUT2D eigenvalue weighted by Gasteiger charge is 2.34. The van der Waals surface area contributed by atoms with Gasteiger partial charge in [-0.15, -0.1) is 0 Å². The van der Waals surface area contributed by atoms with Gasteiger partial charge in [-0.2, -0.15) is 0 Å². The van der Waals surface area contributed by atoms with Crippen LogP contribution in [0.1, 0.15) is 80.6 Å². The molecule has 3 N–H and O–H groups in total. The van der Waals surface area contributed by atoms with E-state index in [-0.39, 0.29) is 76.7 Å². The second-order valence-corrected chi connectivity index (χ2v) is 13.0. The summed E-state index contributed by atoms with van der Waals surface area (Å²) in [6.07, 6.45) is 1.58. The van der Waals surface area contributed by atoms with E-state index in [0.717, 1.165) is 6.42 Å². The van der Waals surface area contributed by atoms with E-state index in [2.05, 4.69) is 5.32 Å². The molecular weight excluding hydrogens is 616 g/mol. The molecule has 0 bridgehead atoms. The topological polar surface area (TPSA) is 172 Å². The summed E-state index contributed by atoms with van der Waals surface area (Å²) in [5.74, 6) is -0.959. The molecule has 0 heterocycles. The molecule has 0 saturated carbocycles. The highest BCUT2D eigenvalue weighted by Crippen LogP contribution is 2.13. The molecule has 0 aliphatic heterocycles. The van der Waals surface area contributed by atoms with E-state index in [1.165, 1.54) is 0 Å². The molecule has 0 aromatic carbocycles. The Hall–Kier alpha value is -1.91. The van der Waals surface area contributed by atoms with Crippen LogP contribution < -0.4 is 11.1 Å². The van der Waals surface area contributed by atoms with Crippen LogP contribution in [0.2, 0.25) is 0 Å². The maximum absolute atomic E-state index is 13.0. The van der Waals surface area contributed by atoms with Crippen LogP contribution in [0.25, 0.3) is 0 Å². The largest absolute Gasteiger partial charge is 0.460 e. The van der Waals surface area contributed by atoms with Gasteiger partial charge in [-0.3, -0.25) is 14.4 Å². The van der Waals surface area contributed by atoms with Crippen molar-refractivity contribution in [3.05, 3.63) is 0 Å². The summed E-state index contributed by atoms with van der Waals surface area (Å²) in [6.45, 7) is 17.6. The lowest BCUT2D eigenvalue weighted by Crippen LogP contribution is -2.58. The Kier molecular flexibility index (Phi) is 25.9. The van der Waals surface area contributed by atoms with Crippen molar-refractivity contribution in [3.8, 4) is 0 Å². The number of esters is 2. The minimum Gasteiger partial charge on any atom is -0.460 e.